The van der Waals surface area contributed by atoms with Gasteiger partial charge in [0.05, 0.1) is 35.3 Å². The highest BCUT2D eigenvalue weighted by Gasteiger charge is 2.23. The van der Waals surface area contributed by atoms with Crippen LogP contribution in [0.1, 0.15) is 35.7 Å². The summed E-state index contributed by atoms with van der Waals surface area (Å²) in [6.45, 7) is 2.87. The van der Waals surface area contributed by atoms with Crippen LogP contribution in [0.3, 0.4) is 0 Å². The van der Waals surface area contributed by atoms with Gasteiger partial charge in [0.2, 0.25) is 0 Å². The van der Waals surface area contributed by atoms with E-state index in [1.165, 1.54) is 0 Å². The quantitative estimate of drug-likeness (QED) is 0.875. The fourth-order valence-electron chi connectivity index (χ4n) is 2.88. The summed E-state index contributed by atoms with van der Waals surface area (Å²) in [4.78, 5) is 16.6. The minimum absolute atomic E-state index is 0.127. The average Bonchev–Trinajstić information content (AvgIpc) is 3.18. The number of rotatable bonds is 5. The normalized spacial score (nSPS) is 17.5. The second-order valence-electron chi connectivity index (χ2n) is 6.05. The highest BCUT2D eigenvalue weighted by Crippen LogP contribution is 2.24. The maximum Gasteiger partial charge on any atom is 0.255 e. The molecule has 1 saturated heterocycles. The van der Waals surface area contributed by atoms with Gasteiger partial charge in [-0.25, -0.2) is 0 Å². The van der Waals surface area contributed by atoms with Gasteiger partial charge in [-0.2, -0.15) is 5.26 Å². The lowest BCUT2D eigenvalue weighted by Gasteiger charge is -2.22. The Morgan fingerprint density at radius 3 is 3.04 bits per heavy atom. The molecule has 0 spiro atoms. The topological polar surface area (TPSA) is 87.0 Å². The second kappa shape index (κ2) is 7.77. The lowest BCUT2D eigenvalue weighted by Crippen LogP contribution is -2.30. The zero-order valence-corrected chi connectivity index (χ0v) is 14.0. The van der Waals surface area contributed by atoms with Gasteiger partial charge in [0, 0.05) is 24.4 Å². The van der Waals surface area contributed by atoms with Crippen LogP contribution >= 0.6 is 0 Å². The molecule has 2 heterocycles. The van der Waals surface area contributed by atoms with Crippen molar-refractivity contribution in [1.82, 2.24) is 4.98 Å². The first-order chi connectivity index (χ1) is 12.2. The summed E-state index contributed by atoms with van der Waals surface area (Å²) < 4.78 is 5.71. The molecule has 1 aromatic carbocycles. The third-order valence-electron chi connectivity index (χ3n) is 4.23. The van der Waals surface area contributed by atoms with E-state index in [0.717, 1.165) is 25.1 Å². The van der Waals surface area contributed by atoms with Crippen LogP contribution in [-0.4, -0.2) is 29.6 Å². The molecule has 2 unspecified atom stereocenters. The van der Waals surface area contributed by atoms with Crippen LogP contribution in [0.15, 0.2) is 42.7 Å². The molecule has 1 fully saturated rings. The Balaban J connectivity index is 1.74. The number of nitriles is 1. The number of ether oxygens (including phenoxy) is 1. The number of nitrogens with one attached hydrogen (secondary N) is 2. The van der Waals surface area contributed by atoms with Crippen LogP contribution in [0.2, 0.25) is 0 Å². The van der Waals surface area contributed by atoms with Crippen LogP contribution in [0.25, 0.3) is 0 Å². The largest absolute Gasteiger partial charge is 0.378 e. The molecule has 128 valence electrons. The smallest absolute Gasteiger partial charge is 0.255 e. The fraction of sp³-hybridized carbons (Fsp3) is 0.316. The zero-order valence-electron chi connectivity index (χ0n) is 14.0. The van der Waals surface area contributed by atoms with Crippen LogP contribution < -0.4 is 10.6 Å². The van der Waals surface area contributed by atoms with E-state index in [1.807, 2.05) is 12.1 Å². The number of anilines is 2. The number of amides is 1. The van der Waals surface area contributed by atoms with Crippen molar-refractivity contribution in [2.24, 2.45) is 0 Å². The van der Waals surface area contributed by atoms with Gasteiger partial charge < -0.3 is 15.4 Å². The molecule has 1 amide bonds. The van der Waals surface area contributed by atoms with E-state index in [0.29, 0.717) is 16.8 Å². The van der Waals surface area contributed by atoms with Crippen molar-refractivity contribution >= 4 is 17.3 Å². The molecule has 6 heteroatoms. The lowest BCUT2D eigenvalue weighted by molar-refractivity contribution is 0.0997. The molecule has 25 heavy (non-hydrogen) atoms. The van der Waals surface area contributed by atoms with Gasteiger partial charge in [-0.15, -0.1) is 0 Å². The molecule has 0 radical (unpaired) electrons. The number of hydrogen-bond acceptors (Lipinski definition) is 5. The van der Waals surface area contributed by atoms with Gasteiger partial charge in [-0.05, 0) is 44.0 Å². The standard InChI is InChI=1S/C19H20N4O2/c1-13(18-6-3-9-25-18)22-16-7-8-21-12-17(16)23-19(24)15-5-2-4-14(10-15)11-20/h2,4-5,7-8,10,12-13,18H,3,6,9H2,1H3,(H,21,22)(H,23,24). The Kier molecular flexibility index (Phi) is 5.26. The summed E-state index contributed by atoms with van der Waals surface area (Å²) in [6.07, 6.45) is 5.56. The van der Waals surface area contributed by atoms with Crippen LogP contribution in [0.4, 0.5) is 11.4 Å². The van der Waals surface area contributed by atoms with Crippen molar-refractivity contribution in [3.63, 3.8) is 0 Å². The zero-order chi connectivity index (χ0) is 17.6. The summed E-state index contributed by atoms with van der Waals surface area (Å²) in [5.74, 6) is -0.280. The van der Waals surface area contributed by atoms with Gasteiger partial charge in [0.25, 0.3) is 5.91 Å². The molecule has 2 N–H and O–H groups in total. The number of aromatic nitrogens is 1. The molecule has 0 aliphatic carbocycles. The number of carbonyl (C=O) groups excluding carboxylic acids is 1. The van der Waals surface area contributed by atoms with E-state index in [9.17, 15) is 4.79 Å². The van der Waals surface area contributed by atoms with Gasteiger partial charge in [-0.3, -0.25) is 9.78 Å². The molecule has 1 aromatic heterocycles. The van der Waals surface area contributed by atoms with Crippen LogP contribution in [0.5, 0.6) is 0 Å². The third kappa shape index (κ3) is 4.14. The van der Waals surface area contributed by atoms with Crippen molar-refractivity contribution in [2.45, 2.75) is 31.9 Å². The minimum atomic E-state index is -0.280. The van der Waals surface area contributed by atoms with Crippen LogP contribution in [-0.2, 0) is 4.74 Å². The molecule has 6 nitrogen and oxygen atoms in total. The lowest BCUT2D eigenvalue weighted by atomic mass is 10.1. The monoisotopic (exact) mass is 336 g/mol. The van der Waals surface area contributed by atoms with E-state index in [2.05, 4.69) is 22.5 Å². The predicted octanol–water partition coefficient (Wildman–Crippen LogP) is 3.18. The summed E-state index contributed by atoms with van der Waals surface area (Å²) in [7, 11) is 0. The predicted molar refractivity (Wildman–Crippen MR) is 95.4 cm³/mol. The SMILES string of the molecule is CC(Nc1ccncc1NC(=O)c1cccc(C#N)c1)C1CCCO1. The molecule has 0 bridgehead atoms. The van der Waals surface area contributed by atoms with E-state index in [1.54, 1.807) is 36.7 Å². The highest BCUT2D eigenvalue weighted by molar-refractivity contribution is 6.05. The van der Waals surface area contributed by atoms with Crippen molar-refractivity contribution in [1.29, 1.82) is 5.26 Å². The van der Waals surface area contributed by atoms with E-state index >= 15 is 0 Å². The number of carbonyl (C=O) groups is 1. The Hall–Kier alpha value is -2.91. The Morgan fingerprint density at radius 1 is 1.40 bits per heavy atom. The summed E-state index contributed by atoms with van der Waals surface area (Å²) in [5.41, 5.74) is 2.27. The number of pyridine rings is 1. The van der Waals surface area contributed by atoms with Gasteiger partial charge in [-0.1, -0.05) is 6.07 Å². The summed E-state index contributed by atoms with van der Waals surface area (Å²) in [6, 6.07) is 10.6. The first-order valence-electron chi connectivity index (χ1n) is 8.31. The molecule has 1 aliphatic heterocycles. The number of hydrogen-bond donors (Lipinski definition) is 2. The number of benzene rings is 1. The van der Waals surface area contributed by atoms with Gasteiger partial charge in [0.15, 0.2) is 0 Å². The fourth-order valence-corrected chi connectivity index (χ4v) is 2.88. The molecule has 2 atom stereocenters. The van der Waals surface area contributed by atoms with Gasteiger partial charge in [0.1, 0.15) is 0 Å². The molecule has 3 rings (SSSR count). The van der Waals surface area contributed by atoms with E-state index in [4.69, 9.17) is 10.00 Å². The Morgan fingerprint density at radius 2 is 2.28 bits per heavy atom. The second-order valence-corrected chi connectivity index (χ2v) is 6.05. The average molecular weight is 336 g/mol. The van der Waals surface area contributed by atoms with Crippen LogP contribution in [0, 0.1) is 11.3 Å². The molecular formula is C19H20N4O2. The molecule has 0 saturated carbocycles. The Labute approximate surface area is 146 Å². The highest BCUT2D eigenvalue weighted by atomic mass is 16.5. The first kappa shape index (κ1) is 16.9. The van der Waals surface area contributed by atoms with Gasteiger partial charge >= 0.3 is 0 Å². The van der Waals surface area contributed by atoms with Crippen molar-refractivity contribution in [3.05, 3.63) is 53.9 Å². The first-order valence-corrected chi connectivity index (χ1v) is 8.31. The molecule has 1 aliphatic rings. The van der Waals surface area contributed by atoms with Crippen molar-refractivity contribution < 1.29 is 9.53 Å². The number of nitrogens with zero attached hydrogens (tertiary/aromatic N) is 2. The Bertz CT molecular complexity index is 794. The van der Waals surface area contributed by atoms with E-state index in [-0.39, 0.29) is 18.1 Å². The molecular weight excluding hydrogens is 316 g/mol. The maximum atomic E-state index is 12.5. The molecule has 2 aromatic rings. The van der Waals surface area contributed by atoms with Crippen molar-refractivity contribution in [2.75, 3.05) is 17.2 Å². The maximum absolute atomic E-state index is 12.5. The minimum Gasteiger partial charge on any atom is -0.378 e. The van der Waals surface area contributed by atoms with Crippen molar-refractivity contribution in [3.8, 4) is 6.07 Å². The summed E-state index contributed by atoms with van der Waals surface area (Å²) in [5, 5.41) is 15.2. The van der Waals surface area contributed by atoms with E-state index < -0.39 is 0 Å². The third-order valence-corrected chi connectivity index (χ3v) is 4.23. The summed E-state index contributed by atoms with van der Waals surface area (Å²) >= 11 is 0.